The second-order valence-corrected chi connectivity index (χ2v) is 5.75. The summed E-state index contributed by atoms with van der Waals surface area (Å²) >= 11 is 6.18. The molecule has 122 valence electrons. The molecule has 2 heterocycles. The lowest BCUT2D eigenvalue weighted by atomic mass is 10.1. The van der Waals surface area contributed by atoms with Gasteiger partial charge >= 0.3 is 0 Å². The van der Waals surface area contributed by atoms with Crippen LogP contribution in [0.3, 0.4) is 0 Å². The van der Waals surface area contributed by atoms with Gasteiger partial charge in [0.05, 0.1) is 13.7 Å². The number of hydrogen-bond donors (Lipinski definition) is 2. The van der Waals surface area contributed by atoms with E-state index >= 15 is 0 Å². The lowest BCUT2D eigenvalue weighted by Crippen LogP contribution is -2.49. The minimum atomic E-state index is -0.328. The summed E-state index contributed by atoms with van der Waals surface area (Å²) in [7, 11) is 1.58. The summed E-state index contributed by atoms with van der Waals surface area (Å²) in [5.41, 5.74) is 0.766. The molecule has 3 rings (SSSR count). The number of fused-ring (bicyclic) bond motifs is 1. The molecule has 2 aromatic rings. The number of aromatic nitrogens is 3. The van der Waals surface area contributed by atoms with Gasteiger partial charge in [-0.15, -0.1) is 10.2 Å². The van der Waals surface area contributed by atoms with Gasteiger partial charge in [0.1, 0.15) is 23.4 Å². The molecule has 1 aliphatic heterocycles. The molecule has 0 saturated carbocycles. The van der Waals surface area contributed by atoms with Gasteiger partial charge in [-0.3, -0.25) is 10.1 Å². The third-order valence-corrected chi connectivity index (χ3v) is 4.29. The Morgan fingerprint density at radius 3 is 3.13 bits per heavy atom. The van der Waals surface area contributed by atoms with Crippen molar-refractivity contribution in [2.45, 2.75) is 32.6 Å². The van der Waals surface area contributed by atoms with Crippen molar-refractivity contribution in [3.05, 3.63) is 40.4 Å². The van der Waals surface area contributed by atoms with Gasteiger partial charge in [0.15, 0.2) is 0 Å². The number of carbonyl (C=O) groups excluding carboxylic acids is 1. The molecule has 1 amide bonds. The zero-order valence-corrected chi connectivity index (χ0v) is 13.7. The van der Waals surface area contributed by atoms with Crippen LogP contribution in [0.5, 0.6) is 5.75 Å². The molecule has 1 aliphatic rings. The summed E-state index contributed by atoms with van der Waals surface area (Å²) in [5.74, 6) is 2.23. The van der Waals surface area contributed by atoms with E-state index in [2.05, 4.69) is 20.8 Å². The van der Waals surface area contributed by atoms with Crippen LogP contribution in [-0.2, 0) is 24.4 Å². The molecule has 0 aliphatic carbocycles. The normalized spacial score (nSPS) is 16.7. The maximum absolute atomic E-state index is 12.4. The van der Waals surface area contributed by atoms with Crippen LogP contribution in [-0.4, -0.2) is 33.8 Å². The van der Waals surface area contributed by atoms with Crippen molar-refractivity contribution >= 4 is 17.5 Å². The number of hydrogen-bond acceptors (Lipinski definition) is 5. The van der Waals surface area contributed by atoms with Gasteiger partial charge in [0.25, 0.3) is 0 Å². The van der Waals surface area contributed by atoms with Crippen molar-refractivity contribution in [3.8, 4) is 5.75 Å². The molecule has 1 atom stereocenters. The van der Waals surface area contributed by atoms with Crippen LogP contribution < -0.4 is 15.4 Å². The Morgan fingerprint density at radius 2 is 2.35 bits per heavy atom. The standard InChI is InChI=1S/C15H18ClN5O2/c1-9-19-20-14-7-17-12(8-21(9)14)15(22)18-6-10-11(16)4-3-5-13(10)23-2/h3-5,12,17H,6-8H2,1-2H3,(H,18,22). The first-order valence-corrected chi connectivity index (χ1v) is 7.69. The Balaban J connectivity index is 1.66. The van der Waals surface area contributed by atoms with Gasteiger partial charge in [-0.05, 0) is 19.1 Å². The van der Waals surface area contributed by atoms with E-state index in [1.807, 2.05) is 23.6 Å². The second kappa shape index (κ2) is 6.55. The van der Waals surface area contributed by atoms with Crippen molar-refractivity contribution < 1.29 is 9.53 Å². The molecule has 0 spiro atoms. The lowest BCUT2D eigenvalue weighted by molar-refractivity contribution is -0.124. The highest BCUT2D eigenvalue weighted by Crippen LogP contribution is 2.25. The summed E-state index contributed by atoms with van der Waals surface area (Å²) in [6.45, 7) is 3.23. The third-order valence-electron chi connectivity index (χ3n) is 3.94. The van der Waals surface area contributed by atoms with Crippen molar-refractivity contribution in [2.75, 3.05) is 7.11 Å². The quantitative estimate of drug-likeness (QED) is 0.872. The first-order valence-electron chi connectivity index (χ1n) is 7.31. The van der Waals surface area contributed by atoms with Crippen LogP contribution in [0, 0.1) is 6.92 Å². The average Bonchev–Trinajstić information content (AvgIpc) is 2.94. The number of nitrogens with one attached hydrogen (secondary N) is 2. The number of benzene rings is 1. The van der Waals surface area contributed by atoms with Crippen LogP contribution in [0.25, 0.3) is 0 Å². The van der Waals surface area contributed by atoms with Crippen molar-refractivity contribution in [2.24, 2.45) is 0 Å². The number of ether oxygens (including phenoxy) is 1. The molecule has 23 heavy (non-hydrogen) atoms. The number of carbonyl (C=O) groups is 1. The Labute approximate surface area is 139 Å². The monoisotopic (exact) mass is 335 g/mol. The zero-order valence-electron chi connectivity index (χ0n) is 13.0. The first kappa shape index (κ1) is 15.8. The number of nitrogens with zero attached hydrogens (tertiary/aromatic N) is 3. The van der Waals surface area contributed by atoms with Gasteiger partial charge in [0.2, 0.25) is 5.91 Å². The van der Waals surface area contributed by atoms with Crippen LogP contribution in [0.4, 0.5) is 0 Å². The Kier molecular flexibility index (Phi) is 4.49. The molecule has 2 N–H and O–H groups in total. The largest absolute Gasteiger partial charge is 0.496 e. The minimum absolute atomic E-state index is 0.0919. The summed E-state index contributed by atoms with van der Waals surface area (Å²) in [6.07, 6.45) is 0. The van der Waals surface area contributed by atoms with E-state index in [1.54, 1.807) is 13.2 Å². The van der Waals surface area contributed by atoms with Gasteiger partial charge in [-0.1, -0.05) is 17.7 Å². The van der Waals surface area contributed by atoms with Crippen molar-refractivity contribution in [1.82, 2.24) is 25.4 Å². The van der Waals surface area contributed by atoms with Crippen LogP contribution in [0.2, 0.25) is 5.02 Å². The molecule has 0 bridgehead atoms. The smallest absolute Gasteiger partial charge is 0.239 e. The number of amides is 1. The molecule has 1 unspecified atom stereocenters. The molecule has 0 fully saturated rings. The molecule has 1 aromatic heterocycles. The fourth-order valence-electron chi connectivity index (χ4n) is 2.63. The number of aryl methyl sites for hydroxylation is 1. The molecule has 1 aromatic carbocycles. The zero-order chi connectivity index (χ0) is 16.4. The average molecular weight is 336 g/mol. The highest BCUT2D eigenvalue weighted by Gasteiger charge is 2.26. The van der Waals surface area contributed by atoms with Gasteiger partial charge < -0.3 is 14.6 Å². The summed E-state index contributed by atoms with van der Waals surface area (Å²) < 4.78 is 7.24. The molecular weight excluding hydrogens is 318 g/mol. The van der Waals surface area contributed by atoms with E-state index in [0.29, 0.717) is 30.4 Å². The van der Waals surface area contributed by atoms with Gasteiger partial charge in [-0.25, -0.2) is 0 Å². The fraction of sp³-hybridized carbons (Fsp3) is 0.400. The van der Waals surface area contributed by atoms with Crippen LogP contribution >= 0.6 is 11.6 Å². The van der Waals surface area contributed by atoms with E-state index in [-0.39, 0.29) is 11.9 Å². The van der Waals surface area contributed by atoms with E-state index in [1.165, 1.54) is 0 Å². The highest BCUT2D eigenvalue weighted by molar-refractivity contribution is 6.31. The fourth-order valence-corrected chi connectivity index (χ4v) is 2.86. The minimum Gasteiger partial charge on any atom is -0.496 e. The summed E-state index contributed by atoms with van der Waals surface area (Å²) in [4.78, 5) is 12.4. The maximum Gasteiger partial charge on any atom is 0.239 e. The van der Waals surface area contributed by atoms with Gasteiger partial charge in [-0.2, -0.15) is 0 Å². The van der Waals surface area contributed by atoms with Crippen LogP contribution in [0.15, 0.2) is 18.2 Å². The Bertz CT molecular complexity index is 731. The molecular formula is C15H18ClN5O2. The predicted octanol–water partition coefficient (Wildman–Crippen LogP) is 1.04. The number of halogens is 1. The van der Waals surface area contributed by atoms with E-state index < -0.39 is 0 Å². The van der Waals surface area contributed by atoms with E-state index in [0.717, 1.165) is 17.2 Å². The second-order valence-electron chi connectivity index (χ2n) is 5.35. The molecule has 0 radical (unpaired) electrons. The number of rotatable bonds is 4. The first-order chi connectivity index (χ1) is 11.1. The number of methoxy groups -OCH3 is 1. The highest BCUT2D eigenvalue weighted by atomic mass is 35.5. The topological polar surface area (TPSA) is 81.1 Å². The van der Waals surface area contributed by atoms with Crippen molar-refractivity contribution in [3.63, 3.8) is 0 Å². The van der Waals surface area contributed by atoms with E-state index in [9.17, 15) is 4.79 Å². The van der Waals surface area contributed by atoms with Gasteiger partial charge in [0, 0.05) is 23.7 Å². The summed E-state index contributed by atoms with van der Waals surface area (Å²) in [5, 5.41) is 14.7. The Hall–Kier alpha value is -2.12. The molecule has 7 nitrogen and oxygen atoms in total. The molecule has 0 saturated heterocycles. The predicted molar refractivity (Wildman–Crippen MR) is 85.2 cm³/mol. The third kappa shape index (κ3) is 3.16. The van der Waals surface area contributed by atoms with Crippen LogP contribution in [0.1, 0.15) is 17.2 Å². The lowest BCUT2D eigenvalue weighted by Gasteiger charge is -2.24. The van der Waals surface area contributed by atoms with E-state index in [4.69, 9.17) is 16.3 Å². The maximum atomic E-state index is 12.4. The molecule has 8 heteroatoms. The SMILES string of the molecule is COc1cccc(Cl)c1CNC(=O)C1Cn2c(C)nnc2CN1. The summed E-state index contributed by atoms with van der Waals surface area (Å²) in [6, 6.07) is 5.08. The Morgan fingerprint density at radius 1 is 1.52 bits per heavy atom. The van der Waals surface area contributed by atoms with Crippen molar-refractivity contribution in [1.29, 1.82) is 0 Å².